The average molecular weight is 550 g/mol. The Morgan fingerprint density at radius 2 is 1.73 bits per heavy atom. The van der Waals surface area contributed by atoms with Crippen molar-refractivity contribution in [2.45, 2.75) is 18.6 Å². The fraction of sp³-hybridized carbons (Fsp3) is 0.130. The van der Waals surface area contributed by atoms with Gasteiger partial charge in [0.25, 0.3) is 5.91 Å². The molecule has 4 nitrogen and oxygen atoms in total. The van der Waals surface area contributed by atoms with Gasteiger partial charge in [-0.15, -0.1) is 0 Å². The molecule has 1 N–H and O–H groups in total. The van der Waals surface area contributed by atoms with Gasteiger partial charge in [0.15, 0.2) is 11.4 Å². The maximum atomic E-state index is 13.4. The van der Waals surface area contributed by atoms with Crippen LogP contribution in [0, 0.1) is 0 Å². The molecule has 7 heteroatoms. The van der Waals surface area contributed by atoms with E-state index in [1.54, 1.807) is 42.5 Å². The number of carbonyl (C=O) groups is 2. The van der Waals surface area contributed by atoms with Gasteiger partial charge in [-0.05, 0) is 42.0 Å². The quantitative estimate of drug-likeness (QED) is 0.405. The van der Waals surface area contributed by atoms with Gasteiger partial charge in [-0.3, -0.25) is 9.59 Å². The summed E-state index contributed by atoms with van der Waals surface area (Å²) in [6, 6.07) is 19.4. The summed E-state index contributed by atoms with van der Waals surface area (Å²) in [4.78, 5) is 27.8. The van der Waals surface area contributed by atoms with Crippen LogP contribution in [-0.2, 0) is 16.9 Å². The van der Waals surface area contributed by atoms with Crippen molar-refractivity contribution in [3.63, 3.8) is 0 Å². The summed E-state index contributed by atoms with van der Waals surface area (Å²) in [5.74, 6) is -0.864. The standard InChI is InChI=1S/C23H16Br2ClNO3/c24-16-6-3-5-14(10-16)21(28)12-23(30)18-11-17(25)8-9-20(18)27(22(23)29)13-15-4-1-2-7-19(15)26/h1-11,30H,12-13H2/t23-/m1/s1. The molecule has 30 heavy (non-hydrogen) atoms. The van der Waals surface area contributed by atoms with Crippen molar-refractivity contribution >= 4 is 60.8 Å². The third-order valence-corrected chi connectivity index (χ3v) is 6.50. The zero-order valence-electron chi connectivity index (χ0n) is 15.6. The van der Waals surface area contributed by atoms with Crippen molar-refractivity contribution < 1.29 is 14.7 Å². The third-order valence-electron chi connectivity index (χ3n) is 5.14. The smallest absolute Gasteiger partial charge is 0.264 e. The first-order valence-corrected chi connectivity index (χ1v) is 11.1. The molecular formula is C23H16Br2ClNO3. The number of hydrogen-bond donors (Lipinski definition) is 1. The highest BCUT2D eigenvalue weighted by molar-refractivity contribution is 9.10. The fourth-order valence-corrected chi connectivity index (χ4v) is 4.60. The van der Waals surface area contributed by atoms with Crippen LogP contribution >= 0.6 is 43.5 Å². The van der Waals surface area contributed by atoms with E-state index < -0.39 is 11.5 Å². The highest BCUT2D eigenvalue weighted by Gasteiger charge is 2.51. The first kappa shape index (κ1) is 21.2. The van der Waals surface area contributed by atoms with Gasteiger partial charge in [0.1, 0.15) is 0 Å². The number of ketones is 1. The fourth-order valence-electron chi connectivity index (χ4n) is 3.64. The number of Topliss-reactive ketones (excluding diaryl/α,β-unsaturated/α-hetero) is 1. The highest BCUT2D eigenvalue weighted by atomic mass is 79.9. The lowest BCUT2D eigenvalue weighted by Gasteiger charge is -2.23. The summed E-state index contributed by atoms with van der Waals surface area (Å²) in [5.41, 5.74) is 0.181. The van der Waals surface area contributed by atoms with Crippen LogP contribution in [0.15, 0.2) is 75.7 Å². The minimum absolute atomic E-state index is 0.195. The second-order valence-electron chi connectivity index (χ2n) is 7.11. The monoisotopic (exact) mass is 547 g/mol. The molecule has 1 aliphatic rings. The van der Waals surface area contributed by atoms with Crippen LogP contribution in [0.25, 0.3) is 0 Å². The van der Waals surface area contributed by atoms with Crippen molar-refractivity contribution in [3.05, 3.63) is 97.4 Å². The number of amides is 1. The van der Waals surface area contributed by atoms with E-state index in [0.717, 1.165) is 10.0 Å². The maximum absolute atomic E-state index is 13.4. The molecule has 1 heterocycles. The molecule has 3 aromatic rings. The molecule has 152 valence electrons. The molecule has 0 fully saturated rings. The van der Waals surface area contributed by atoms with Gasteiger partial charge in [-0.2, -0.15) is 0 Å². The molecule has 4 rings (SSSR count). The minimum atomic E-state index is -1.96. The number of benzene rings is 3. The number of halogens is 3. The Kier molecular flexibility index (Phi) is 5.86. The lowest BCUT2D eigenvalue weighted by molar-refractivity contribution is -0.136. The van der Waals surface area contributed by atoms with Gasteiger partial charge in [-0.25, -0.2) is 0 Å². The topological polar surface area (TPSA) is 57.6 Å². The molecule has 0 unspecified atom stereocenters. The van der Waals surface area contributed by atoms with Gasteiger partial charge in [0.2, 0.25) is 0 Å². The zero-order valence-corrected chi connectivity index (χ0v) is 19.5. The number of carbonyl (C=O) groups excluding carboxylic acids is 2. The van der Waals surface area contributed by atoms with Gasteiger partial charge < -0.3 is 10.0 Å². The van der Waals surface area contributed by atoms with Gasteiger partial charge in [0, 0.05) is 25.1 Å². The molecule has 0 radical (unpaired) electrons. The number of fused-ring (bicyclic) bond motifs is 1. The van der Waals surface area contributed by atoms with Crippen molar-refractivity contribution in [1.29, 1.82) is 0 Å². The van der Waals surface area contributed by atoms with Crippen LogP contribution < -0.4 is 4.90 Å². The number of nitrogens with zero attached hydrogens (tertiary/aromatic N) is 1. The van der Waals surface area contributed by atoms with Crippen molar-refractivity contribution in [2.75, 3.05) is 4.90 Å². The number of hydrogen-bond acceptors (Lipinski definition) is 3. The van der Waals surface area contributed by atoms with Gasteiger partial charge in [0.05, 0.1) is 18.7 Å². The second kappa shape index (κ2) is 8.27. The van der Waals surface area contributed by atoms with Crippen molar-refractivity contribution in [3.8, 4) is 0 Å². The highest BCUT2D eigenvalue weighted by Crippen LogP contribution is 2.45. The van der Waals surface area contributed by atoms with Crippen LogP contribution in [0.4, 0.5) is 5.69 Å². The molecule has 0 spiro atoms. The van der Waals surface area contributed by atoms with Crippen molar-refractivity contribution in [1.82, 2.24) is 0 Å². The molecule has 1 amide bonds. The van der Waals surface area contributed by atoms with Crippen LogP contribution in [0.1, 0.15) is 27.9 Å². The Morgan fingerprint density at radius 3 is 2.47 bits per heavy atom. The summed E-state index contributed by atoms with van der Waals surface area (Å²) < 4.78 is 1.46. The van der Waals surface area contributed by atoms with Gasteiger partial charge in [-0.1, -0.05) is 73.8 Å². The maximum Gasteiger partial charge on any atom is 0.264 e. The molecule has 1 atom stereocenters. The van der Waals surface area contributed by atoms with E-state index >= 15 is 0 Å². The van der Waals surface area contributed by atoms with E-state index in [4.69, 9.17) is 11.6 Å². The molecule has 0 saturated heterocycles. The van der Waals surface area contributed by atoms with E-state index in [-0.39, 0.29) is 18.7 Å². The first-order valence-electron chi connectivity index (χ1n) is 9.16. The van der Waals surface area contributed by atoms with Crippen LogP contribution in [0.5, 0.6) is 0 Å². The number of rotatable bonds is 5. The Labute approximate surface area is 195 Å². The Bertz CT molecular complexity index is 1170. The van der Waals surface area contributed by atoms with E-state index in [0.29, 0.717) is 26.3 Å². The third kappa shape index (κ3) is 3.85. The second-order valence-corrected chi connectivity index (χ2v) is 9.35. The molecule has 0 saturated carbocycles. The van der Waals surface area contributed by atoms with Gasteiger partial charge >= 0.3 is 0 Å². The minimum Gasteiger partial charge on any atom is -0.375 e. The molecule has 0 aliphatic carbocycles. The van der Waals surface area contributed by atoms with E-state index in [2.05, 4.69) is 31.9 Å². The average Bonchev–Trinajstić information content (AvgIpc) is 2.91. The summed E-state index contributed by atoms with van der Waals surface area (Å²) in [7, 11) is 0. The summed E-state index contributed by atoms with van der Waals surface area (Å²) >= 11 is 13.0. The molecule has 0 bridgehead atoms. The van der Waals surface area contributed by atoms with Crippen LogP contribution in [0.3, 0.4) is 0 Å². The lowest BCUT2D eigenvalue weighted by atomic mass is 9.88. The van der Waals surface area contributed by atoms with E-state index in [1.807, 2.05) is 24.3 Å². The predicted octanol–water partition coefficient (Wildman–Crippen LogP) is 5.87. The lowest BCUT2D eigenvalue weighted by Crippen LogP contribution is -2.41. The molecule has 1 aliphatic heterocycles. The molecule has 3 aromatic carbocycles. The Hall–Kier alpha value is -1.99. The summed E-state index contributed by atoms with van der Waals surface area (Å²) in [6.07, 6.45) is -0.356. The summed E-state index contributed by atoms with van der Waals surface area (Å²) in [5, 5.41) is 12.0. The van der Waals surface area contributed by atoms with E-state index in [9.17, 15) is 14.7 Å². The van der Waals surface area contributed by atoms with Crippen LogP contribution in [-0.4, -0.2) is 16.8 Å². The largest absolute Gasteiger partial charge is 0.375 e. The first-order chi connectivity index (χ1) is 14.3. The molecular weight excluding hydrogens is 534 g/mol. The SMILES string of the molecule is O=C(C[C@]1(O)C(=O)N(Cc2ccccc2Cl)c2ccc(Br)cc21)c1cccc(Br)c1. The normalized spacial score (nSPS) is 17.9. The van der Waals surface area contributed by atoms with Crippen LogP contribution in [0.2, 0.25) is 5.02 Å². The number of aliphatic hydroxyl groups is 1. The van der Waals surface area contributed by atoms with E-state index in [1.165, 1.54) is 4.90 Å². The predicted molar refractivity (Wildman–Crippen MR) is 124 cm³/mol. The zero-order chi connectivity index (χ0) is 21.5. The Morgan fingerprint density at radius 1 is 1.00 bits per heavy atom. The number of anilines is 1. The molecule has 0 aromatic heterocycles. The van der Waals surface area contributed by atoms with Crippen molar-refractivity contribution in [2.24, 2.45) is 0 Å². The Balaban J connectivity index is 1.73. The summed E-state index contributed by atoms with van der Waals surface area (Å²) in [6.45, 7) is 0.195.